The molecule has 6 atom stereocenters. The molecule has 238 valence electrons. The summed E-state index contributed by atoms with van der Waals surface area (Å²) in [7, 11) is 1.47. The molecule has 0 radical (unpaired) electrons. The van der Waals surface area contributed by atoms with Crippen LogP contribution in [0.3, 0.4) is 0 Å². The molecule has 4 aromatic carbocycles. The van der Waals surface area contributed by atoms with Gasteiger partial charge in [-0.1, -0.05) is 103 Å². The van der Waals surface area contributed by atoms with Crippen molar-refractivity contribution in [2.24, 2.45) is 23.7 Å². The number of fused-ring (bicyclic) bond motifs is 4. The Balaban J connectivity index is 1.39. The van der Waals surface area contributed by atoms with Crippen LogP contribution in [-0.4, -0.2) is 35.6 Å². The molecule has 0 spiro atoms. The quantitative estimate of drug-likeness (QED) is 0.200. The normalized spacial score (nSPS) is 27.9. The number of anilines is 1. The van der Waals surface area contributed by atoms with Crippen LogP contribution in [0.5, 0.6) is 11.5 Å². The van der Waals surface area contributed by atoms with E-state index in [1.165, 1.54) is 18.1 Å². The number of hydrogen-bond acceptors (Lipinski definition) is 6. The Morgan fingerprint density at radius 3 is 2.12 bits per heavy atom. The number of Topliss-reactive ketones (excluding diaryl/α,β-unsaturated/α-hetero) is 1. The number of rotatable bonds is 5. The van der Waals surface area contributed by atoms with Gasteiger partial charge in [0.15, 0.2) is 23.1 Å². The Morgan fingerprint density at radius 1 is 0.771 bits per heavy atom. The van der Waals surface area contributed by atoms with Gasteiger partial charge in [-0.2, -0.15) is 0 Å². The minimum Gasteiger partial charge on any atom is -0.504 e. The Bertz CT molecular complexity index is 2040. The monoisotopic (exact) mass is 635 g/mol. The van der Waals surface area contributed by atoms with E-state index in [9.17, 15) is 19.5 Å². The number of ketones is 2. The standard InChI is InChI=1S/C41H33NO6/c1-48-33-19-11-18-29(38(33)45)36-27-20-21-28-35(40(47)42(39(28)46)26-16-9-4-10-17-26)31(27)22-32-37(44)30(24-12-5-2-6-13-24)23-34(43)41(32,36)25-14-7-3-8-15-25/h2-20,23,28,31-32,35-36,45H,21-22H2,1H3. The second kappa shape index (κ2) is 11.3. The molecule has 4 aliphatic rings. The van der Waals surface area contributed by atoms with Gasteiger partial charge in [-0.15, -0.1) is 0 Å². The first kappa shape index (κ1) is 29.8. The number of aromatic hydroxyl groups is 1. The van der Waals surface area contributed by atoms with Crippen LogP contribution in [0, 0.1) is 23.7 Å². The van der Waals surface area contributed by atoms with Crippen molar-refractivity contribution in [1.29, 1.82) is 0 Å². The van der Waals surface area contributed by atoms with Crippen LogP contribution in [0.2, 0.25) is 0 Å². The summed E-state index contributed by atoms with van der Waals surface area (Å²) < 4.78 is 5.53. The van der Waals surface area contributed by atoms with E-state index in [4.69, 9.17) is 4.74 Å². The number of amides is 2. The minimum absolute atomic E-state index is 0.124. The smallest absolute Gasteiger partial charge is 0.238 e. The zero-order chi connectivity index (χ0) is 33.2. The molecule has 2 amide bonds. The van der Waals surface area contributed by atoms with Crippen LogP contribution in [0.4, 0.5) is 5.69 Å². The summed E-state index contributed by atoms with van der Waals surface area (Å²) in [5, 5.41) is 11.7. The molecule has 2 fully saturated rings. The van der Waals surface area contributed by atoms with Crippen molar-refractivity contribution in [2.75, 3.05) is 12.0 Å². The lowest BCUT2D eigenvalue weighted by atomic mass is 9.44. The van der Waals surface area contributed by atoms with Gasteiger partial charge >= 0.3 is 0 Å². The van der Waals surface area contributed by atoms with Gasteiger partial charge in [-0.05, 0) is 54.2 Å². The van der Waals surface area contributed by atoms with E-state index >= 15 is 4.79 Å². The predicted molar refractivity (Wildman–Crippen MR) is 180 cm³/mol. The van der Waals surface area contributed by atoms with Crippen LogP contribution >= 0.6 is 0 Å². The molecule has 6 unspecified atom stereocenters. The Hall–Kier alpha value is -5.56. The van der Waals surface area contributed by atoms with Crippen molar-refractivity contribution in [3.05, 3.63) is 144 Å². The van der Waals surface area contributed by atoms with Gasteiger partial charge in [0.05, 0.1) is 30.0 Å². The average molecular weight is 636 g/mol. The molecule has 1 aliphatic heterocycles. The third kappa shape index (κ3) is 4.13. The second-order valence-corrected chi connectivity index (χ2v) is 13.0. The Kier molecular flexibility index (Phi) is 7.02. The van der Waals surface area contributed by atoms with Gasteiger partial charge in [-0.3, -0.25) is 24.1 Å². The van der Waals surface area contributed by atoms with Gasteiger partial charge in [0.25, 0.3) is 0 Å². The molecule has 8 rings (SSSR count). The molecule has 7 nitrogen and oxygen atoms in total. The lowest BCUT2D eigenvalue weighted by Crippen LogP contribution is -2.58. The molecule has 1 saturated heterocycles. The highest BCUT2D eigenvalue weighted by molar-refractivity contribution is 6.32. The summed E-state index contributed by atoms with van der Waals surface area (Å²) in [5.74, 6) is -4.47. The summed E-state index contributed by atoms with van der Waals surface area (Å²) in [6, 6.07) is 32.6. The van der Waals surface area contributed by atoms with Crippen molar-refractivity contribution in [3.8, 4) is 11.5 Å². The lowest BCUT2D eigenvalue weighted by molar-refractivity contribution is -0.135. The molecular formula is C41H33NO6. The number of carbonyl (C=O) groups is 4. The third-order valence-electron chi connectivity index (χ3n) is 11.0. The van der Waals surface area contributed by atoms with E-state index in [0.29, 0.717) is 34.4 Å². The maximum Gasteiger partial charge on any atom is 0.238 e. The fourth-order valence-electron chi connectivity index (χ4n) is 8.99. The molecule has 48 heavy (non-hydrogen) atoms. The molecule has 1 heterocycles. The number of carbonyl (C=O) groups excluding carboxylic acids is 4. The molecular weight excluding hydrogens is 602 g/mol. The molecule has 0 bridgehead atoms. The van der Waals surface area contributed by atoms with E-state index in [2.05, 4.69) is 0 Å². The number of methoxy groups -OCH3 is 1. The largest absolute Gasteiger partial charge is 0.504 e. The van der Waals surface area contributed by atoms with Crippen molar-refractivity contribution >= 4 is 34.6 Å². The van der Waals surface area contributed by atoms with E-state index in [-0.39, 0.29) is 41.3 Å². The second-order valence-electron chi connectivity index (χ2n) is 13.0. The van der Waals surface area contributed by atoms with Crippen LogP contribution in [0.15, 0.2) is 127 Å². The minimum atomic E-state index is -1.43. The average Bonchev–Trinajstić information content (AvgIpc) is 3.39. The molecule has 1 N–H and O–H groups in total. The van der Waals surface area contributed by atoms with Gasteiger partial charge in [0, 0.05) is 23.0 Å². The van der Waals surface area contributed by atoms with E-state index in [1.54, 1.807) is 42.5 Å². The highest BCUT2D eigenvalue weighted by atomic mass is 16.5. The summed E-state index contributed by atoms with van der Waals surface area (Å²) >= 11 is 0. The predicted octanol–water partition coefficient (Wildman–Crippen LogP) is 6.43. The SMILES string of the molecule is COc1cccc(C2C3=CCC4C(=O)N(c5ccccc5)C(=O)C4C3CC3C(=O)C(c4ccccc4)=CC(=O)C32c2ccccc2)c1O. The van der Waals surface area contributed by atoms with E-state index < -0.39 is 35.0 Å². The third-order valence-corrected chi connectivity index (χ3v) is 11.0. The van der Waals surface area contributed by atoms with E-state index in [1.807, 2.05) is 72.8 Å². The maximum absolute atomic E-state index is 15.1. The highest BCUT2D eigenvalue weighted by Gasteiger charge is 2.66. The van der Waals surface area contributed by atoms with Gasteiger partial charge in [0.2, 0.25) is 11.8 Å². The zero-order valence-corrected chi connectivity index (χ0v) is 26.3. The fourth-order valence-corrected chi connectivity index (χ4v) is 8.99. The van der Waals surface area contributed by atoms with Crippen LogP contribution in [0.1, 0.15) is 35.4 Å². The summed E-state index contributed by atoms with van der Waals surface area (Å²) in [4.78, 5) is 59.7. The van der Waals surface area contributed by atoms with Crippen LogP contribution in [-0.2, 0) is 24.6 Å². The number of para-hydroxylation sites is 2. The van der Waals surface area contributed by atoms with Crippen LogP contribution < -0.4 is 9.64 Å². The molecule has 7 heteroatoms. The number of phenols is 1. The Morgan fingerprint density at radius 2 is 1.44 bits per heavy atom. The first-order valence-electron chi connectivity index (χ1n) is 16.3. The Labute approximate surface area is 278 Å². The zero-order valence-electron chi connectivity index (χ0n) is 26.3. The number of imide groups is 1. The fraction of sp³-hybridized carbons (Fsp3) is 0.220. The van der Waals surface area contributed by atoms with Crippen molar-refractivity contribution in [3.63, 3.8) is 0 Å². The van der Waals surface area contributed by atoms with Gasteiger partial charge in [-0.25, -0.2) is 0 Å². The number of nitrogens with zero attached hydrogens (tertiary/aromatic N) is 1. The number of benzene rings is 4. The number of hydrogen-bond donors (Lipinski definition) is 1. The van der Waals surface area contributed by atoms with Crippen molar-refractivity contribution < 1.29 is 29.0 Å². The topological polar surface area (TPSA) is 101 Å². The van der Waals surface area contributed by atoms with Crippen molar-refractivity contribution in [2.45, 2.75) is 24.2 Å². The first-order chi connectivity index (χ1) is 23.4. The number of allylic oxidation sites excluding steroid dienone is 4. The van der Waals surface area contributed by atoms with E-state index in [0.717, 1.165) is 5.57 Å². The first-order valence-corrected chi connectivity index (χ1v) is 16.3. The summed E-state index contributed by atoms with van der Waals surface area (Å²) in [6.07, 6.45) is 3.96. The molecule has 4 aromatic rings. The lowest BCUT2D eigenvalue weighted by Gasteiger charge is -2.55. The van der Waals surface area contributed by atoms with Gasteiger partial charge in [0.1, 0.15) is 0 Å². The van der Waals surface area contributed by atoms with Crippen molar-refractivity contribution in [1.82, 2.24) is 0 Å². The number of phenolic OH excluding ortho intramolecular Hbond substituents is 1. The molecule has 3 aliphatic carbocycles. The maximum atomic E-state index is 15.1. The molecule has 0 aromatic heterocycles. The highest BCUT2D eigenvalue weighted by Crippen LogP contribution is 2.65. The summed E-state index contributed by atoms with van der Waals surface area (Å²) in [5.41, 5.74) is 1.93. The molecule has 1 saturated carbocycles. The van der Waals surface area contributed by atoms with Gasteiger partial charge < -0.3 is 9.84 Å². The summed E-state index contributed by atoms with van der Waals surface area (Å²) in [6.45, 7) is 0. The number of ether oxygens (including phenoxy) is 1. The van der Waals surface area contributed by atoms with Crippen LogP contribution in [0.25, 0.3) is 5.57 Å².